The summed E-state index contributed by atoms with van der Waals surface area (Å²) in [5.74, 6) is -0.935. The van der Waals surface area contributed by atoms with E-state index in [9.17, 15) is 14.7 Å². The van der Waals surface area contributed by atoms with Gasteiger partial charge in [-0.2, -0.15) is 0 Å². The number of esters is 1. The second-order valence-corrected chi connectivity index (χ2v) is 6.82. The molecule has 96 valence electrons. The smallest absolute Gasteiger partial charge is 0.330 e. The molecule has 0 saturated carbocycles. The van der Waals surface area contributed by atoms with E-state index in [1.807, 2.05) is 13.8 Å². The first-order valence-electron chi connectivity index (χ1n) is 5.57. The van der Waals surface area contributed by atoms with Crippen molar-refractivity contribution in [2.75, 3.05) is 7.11 Å². The van der Waals surface area contributed by atoms with Crippen molar-refractivity contribution >= 4 is 23.6 Å². The van der Waals surface area contributed by atoms with E-state index in [1.54, 1.807) is 23.6 Å². The number of carbonyl (C=O) groups is 2. The van der Waals surface area contributed by atoms with Gasteiger partial charge in [0.1, 0.15) is 6.04 Å². The van der Waals surface area contributed by atoms with Crippen molar-refractivity contribution in [1.82, 2.24) is 4.90 Å². The van der Waals surface area contributed by atoms with Gasteiger partial charge in [-0.1, -0.05) is 0 Å². The van der Waals surface area contributed by atoms with Gasteiger partial charge in [0.05, 0.1) is 24.5 Å². The van der Waals surface area contributed by atoms with Crippen LogP contribution in [0.5, 0.6) is 0 Å². The lowest BCUT2D eigenvalue weighted by atomic mass is 9.88. The van der Waals surface area contributed by atoms with Crippen LogP contribution in [0.3, 0.4) is 0 Å². The molecule has 17 heavy (non-hydrogen) atoms. The fraction of sp³-hybridized carbons (Fsp3) is 0.818. The molecule has 2 heterocycles. The highest BCUT2D eigenvalue weighted by Gasteiger charge is 2.64. The summed E-state index contributed by atoms with van der Waals surface area (Å²) in [6.07, 6.45) is -0.677. The van der Waals surface area contributed by atoms with Crippen LogP contribution in [0, 0.1) is 5.92 Å². The van der Waals surface area contributed by atoms with E-state index < -0.39 is 18.1 Å². The summed E-state index contributed by atoms with van der Waals surface area (Å²) in [5.41, 5.74) is 0. The molecular formula is C11H17NO4S. The van der Waals surface area contributed by atoms with Crippen LogP contribution in [0.1, 0.15) is 20.8 Å². The highest BCUT2D eigenvalue weighted by molar-refractivity contribution is 8.01. The van der Waals surface area contributed by atoms with Gasteiger partial charge in [-0.15, -0.1) is 11.8 Å². The minimum atomic E-state index is -0.677. The molecule has 0 bridgehead atoms. The Bertz CT molecular complexity index is 368. The van der Waals surface area contributed by atoms with E-state index in [0.717, 1.165) is 0 Å². The predicted molar refractivity (Wildman–Crippen MR) is 63.3 cm³/mol. The van der Waals surface area contributed by atoms with Gasteiger partial charge in [0.2, 0.25) is 5.91 Å². The lowest BCUT2D eigenvalue weighted by Gasteiger charge is -2.45. The van der Waals surface area contributed by atoms with Crippen LogP contribution in [0.15, 0.2) is 0 Å². The Morgan fingerprint density at radius 1 is 1.59 bits per heavy atom. The van der Waals surface area contributed by atoms with Crippen molar-refractivity contribution in [3.8, 4) is 0 Å². The number of methoxy groups -OCH3 is 1. The molecule has 1 amide bonds. The summed E-state index contributed by atoms with van der Waals surface area (Å²) >= 11 is 1.55. The normalized spacial score (nSPS) is 36.2. The molecule has 2 saturated heterocycles. The Balaban J connectivity index is 2.27. The van der Waals surface area contributed by atoms with Crippen molar-refractivity contribution in [2.45, 2.75) is 43.0 Å². The van der Waals surface area contributed by atoms with Gasteiger partial charge in [-0.3, -0.25) is 4.79 Å². The van der Waals surface area contributed by atoms with Crippen molar-refractivity contribution in [3.05, 3.63) is 0 Å². The van der Waals surface area contributed by atoms with Gasteiger partial charge in [0, 0.05) is 4.75 Å². The zero-order valence-electron chi connectivity index (χ0n) is 10.3. The summed E-state index contributed by atoms with van der Waals surface area (Å²) in [6, 6.07) is -0.551. The summed E-state index contributed by atoms with van der Waals surface area (Å²) < 4.78 is 4.38. The molecule has 0 aliphatic carbocycles. The Morgan fingerprint density at radius 2 is 2.18 bits per heavy atom. The molecule has 0 aromatic heterocycles. The molecule has 0 aromatic carbocycles. The largest absolute Gasteiger partial charge is 0.467 e. The van der Waals surface area contributed by atoms with Crippen molar-refractivity contribution in [1.29, 1.82) is 0 Å². The summed E-state index contributed by atoms with van der Waals surface area (Å²) in [6.45, 7) is 5.45. The summed E-state index contributed by atoms with van der Waals surface area (Å²) in [5, 5.41) is 9.46. The van der Waals surface area contributed by atoms with Crippen LogP contribution in [-0.2, 0) is 14.3 Å². The quantitative estimate of drug-likeness (QED) is 0.567. The topological polar surface area (TPSA) is 66.8 Å². The van der Waals surface area contributed by atoms with Gasteiger partial charge in [-0.25, -0.2) is 4.79 Å². The van der Waals surface area contributed by atoms with E-state index in [1.165, 1.54) is 7.11 Å². The third-order valence-electron chi connectivity index (χ3n) is 3.43. The summed E-state index contributed by atoms with van der Waals surface area (Å²) in [4.78, 5) is 25.2. The fourth-order valence-electron chi connectivity index (χ4n) is 2.58. The highest BCUT2D eigenvalue weighted by Crippen LogP contribution is 2.54. The SMILES string of the molecule is COC(=O)[C@@H]1N2C(=O)[C@H]([C@@H](C)O)[C@H]2SC1(C)C. The monoisotopic (exact) mass is 259 g/mol. The molecule has 2 rings (SSSR count). The van der Waals surface area contributed by atoms with Crippen molar-refractivity contribution in [2.24, 2.45) is 5.92 Å². The lowest BCUT2D eigenvalue weighted by molar-refractivity contribution is -0.169. The maximum absolute atomic E-state index is 11.9. The number of aliphatic hydroxyl groups is 1. The van der Waals surface area contributed by atoms with Gasteiger partial charge < -0.3 is 14.7 Å². The molecule has 0 unspecified atom stereocenters. The molecule has 0 aromatic rings. The Kier molecular flexibility index (Phi) is 2.90. The second kappa shape index (κ2) is 3.88. The van der Waals surface area contributed by atoms with Gasteiger partial charge >= 0.3 is 5.97 Å². The number of fused-ring (bicyclic) bond motifs is 1. The molecule has 1 N–H and O–H groups in total. The maximum atomic E-state index is 11.9. The van der Waals surface area contributed by atoms with Crippen molar-refractivity contribution in [3.63, 3.8) is 0 Å². The van der Waals surface area contributed by atoms with E-state index in [0.29, 0.717) is 0 Å². The Morgan fingerprint density at radius 3 is 2.65 bits per heavy atom. The number of thioether (sulfide) groups is 1. The number of amides is 1. The van der Waals surface area contributed by atoms with Crippen LogP contribution in [-0.4, -0.2) is 51.3 Å². The number of hydrogen-bond acceptors (Lipinski definition) is 5. The first-order chi connectivity index (χ1) is 7.81. The molecule has 6 heteroatoms. The zero-order chi connectivity index (χ0) is 13.0. The van der Waals surface area contributed by atoms with Gasteiger partial charge in [-0.05, 0) is 20.8 Å². The van der Waals surface area contributed by atoms with E-state index in [4.69, 9.17) is 4.74 Å². The molecular weight excluding hydrogens is 242 g/mol. The molecule has 0 radical (unpaired) electrons. The average Bonchev–Trinajstić information content (AvgIpc) is 2.45. The first-order valence-corrected chi connectivity index (χ1v) is 6.45. The molecule has 4 atom stereocenters. The molecule has 0 spiro atoms. The number of β-lactam (4-membered cyclic amide) rings is 1. The van der Waals surface area contributed by atoms with Gasteiger partial charge in [0.25, 0.3) is 0 Å². The average molecular weight is 259 g/mol. The number of rotatable bonds is 2. The van der Waals surface area contributed by atoms with Crippen LogP contribution < -0.4 is 0 Å². The first kappa shape index (κ1) is 12.7. The molecule has 2 aliphatic heterocycles. The maximum Gasteiger partial charge on any atom is 0.330 e. The van der Waals surface area contributed by atoms with Crippen LogP contribution >= 0.6 is 11.8 Å². The minimum absolute atomic E-state index is 0.110. The number of carbonyl (C=O) groups excluding carboxylic acids is 2. The second-order valence-electron chi connectivity index (χ2n) is 5.05. The van der Waals surface area contributed by atoms with Crippen LogP contribution in [0.2, 0.25) is 0 Å². The predicted octanol–water partition coefficient (Wildman–Crippen LogP) is 0.219. The van der Waals surface area contributed by atoms with Gasteiger partial charge in [0.15, 0.2) is 0 Å². The number of nitrogens with zero attached hydrogens (tertiary/aromatic N) is 1. The third kappa shape index (κ3) is 1.65. The van der Waals surface area contributed by atoms with E-state index in [2.05, 4.69) is 0 Å². The molecule has 2 fully saturated rings. The van der Waals surface area contributed by atoms with Crippen LogP contribution in [0.4, 0.5) is 0 Å². The Hall–Kier alpha value is -0.750. The Labute approximate surface area is 104 Å². The highest BCUT2D eigenvalue weighted by atomic mass is 32.2. The minimum Gasteiger partial charge on any atom is -0.467 e. The number of hydrogen-bond donors (Lipinski definition) is 1. The lowest BCUT2D eigenvalue weighted by Crippen LogP contribution is -2.65. The standard InChI is InChI=1S/C11H17NO4S/c1-5(13)6-8(14)12-7(10(15)16-4)11(2,3)17-9(6)12/h5-7,9,13H,1-4H3/t5-,6+,7+,9-/m1/s1. The molecule has 2 aliphatic rings. The van der Waals surface area contributed by atoms with E-state index in [-0.39, 0.29) is 22.0 Å². The number of aliphatic hydroxyl groups excluding tert-OH is 1. The van der Waals surface area contributed by atoms with Crippen molar-refractivity contribution < 1.29 is 19.4 Å². The summed E-state index contributed by atoms with van der Waals surface area (Å²) in [7, 11) is 1.33. The fourth-order valence-corrected chi connectivity index (χ4v) is 4.37. The third-order valence-corrected chi connectivity index (χ3v) is 5.02. The van der Waals surface area contributed by atoms with Crippen LogP contribution in [0.25, 0.3) is 0 Å². The zero-order valence-corrected chi connectivity index (χ0v) is 11.2. The van der Waals surface area contributed by atoms with E-state index >= 15 is 0 Å². The number of ether oxygens (including phenoxy) is 1. The molecule has 5 nitrogen and oxygen atoms in total.